The number of carbonyl (C=O) groups excluding carboxylic acids is 1. The van der Waals surface area contributed by atoms with Crippen LogP contribution in [0.4, 0.5) is 0 Å². The summed E-state index contributed by atoms with van der Waals surface area (Å²) in [6, 6.07) is 0. The third-order valence-corrected chi connectivity index (χ3v) is 2.18. The largest absolute Gasteiger partial charge is 0.368 e. The van der Waals surface area contributed by atoms with Crippen molar-refractivity contribution in [1.29, 1.82) is 0 Å². The van der Waals surface area contributed by atoms with E-state index in [2.05, 4.69) is 10.2 Å². The van der Waals surface area contributed by atoms with E-state index in [1.807, 2.05) is 0 Å². The molecule has 0 aliphatic heterocycles. The number of alkyl halides is 1. The van der Waals surface area contributed by atoms with Crippen LogP contribution < -0.4 is 5.73 Å². The zero-order valence-electron chi connectivity index (χ0n) is 7.49. The summed E-state index contributed by atoms with van der Waals surface area (Å²) in [4.78, 5) is 11.1. The summed E-state index contributed by atoms with van der Waals surface area (Å²) >= 11 is 5.61. The van der Waals surface area contributed by atoms with Crippen molar-refractivity contribution in [2.45, 2.75) is 25.3 Å². The summed E-state index contributed by atoms with van der Waals surface area (Å²) < 4.78 is 1.57. The van der Waals surface area contributed by atoms with E-state index >= 15 is 0 Å². The molecule has 0 atom stereocenters. The van der Waals surface area contributed by atoms with Crippen LogP contribution in [0.3, 0.4) is 0 Å². The lowest BCUT2D eigenvalue weighted by Gasteiger charge is -2.23. The van der Waals surface area contributed by atoms with E-state index in [4.69, 9.17) is 17.3 Å². The number of nitrogens with zero attached hydrogens (tertiary/aromatic N) is 3. The molecule has 1 aromatic heterocycles. The summed E-state index contributed by atoms with van der Waals surface area (Å²) in [5.41, 5.74) is 4.39. The van der Waals surface area contributed by atoms with Crippen LogP contribution in [-0.4, -0.2) is 20.7 Å². The van der Waals surface area contributed by atoms with E-state index in [-0.39, 0.29) is 5.88 Å². The number of halogens is 1. The van der Waals surface area contributed by atoms with Crippen LogP contribution in [0, 0.1) is 0 Å². The van der Waals surface area contributed by atoms with Crippen molar-refractivity contribution >= 4 is 17.5 Å². The average molecular weight is 203 g/mol. The van der Waals surface area contributed by atoms with Crippen molar-refractivity contribution in [2.24, 2.45) is 5.73 Å². The maximum absolute atomic E-state index is 11.1. The van der Waals surface area contributed by atoms with Gasteiger partial charge in [-0.15, -0.1) is 21.8 Å². The standard InChI is InChI=1S/C7H11ClN4O/c1-7(2,6(9)13)12-4-10-11-5(12)3-8/h4H,3H2,1-2H3,(H2,9,13). The zero-order chi connectivity index (χ0) is 10.1. The maximum atomic E-state index is 11.1. The number of rotatable bonds is 3. The lowest BCUT2D eigenvalue weighted by molar-refractivity contribution is -0.125. The van der Waals surface area contributed by atoms with Crippen molar-refractivity contribution < 1.29 is 4.79 Å². The van der Waals surface area contributed by atoms with Crippen LogP contribution in [0.1, 0.15) is 19.7 Å². The highest BCUT2D eigenvalue weighted by molar-refractivity contribution is 6.16. The molecule has 1 rings (SSSR count). The highest BCUT2D eigenvalue weighted by Gasteiger charge is 2.29. The van der Waals surface area contributed by atoms with Crippen molar-refractivity contribution in [3.63, 3.8) is 0 Å². The van der Waals surface area contributed by atoms with Gasteiger partial charge in [-0.1, -0.05) is 0 Å². The van der Waals surface area contributed by atoms with E-state index < -0.39 is 11.4 Å². The Morgan fingerprint density at radius 3 is 2.85 bits per heavy atom. The lowest BCUT2D eigenvalue weighted by Crippen LogP contribution is -2.41. The highest BCUT2D eigenvalue weighted by Crippen LogP contribution is 2.16. The maximum Gasteiger partial charge on any atom is 0.243 e. The normalized spacial score (nSPS) is 11.6. The van der Waals surface area contributed by atoms with Crippen LogP contribution in [0.25, 0.3) is 0 Å². The van der Waals surface area contributed by atoms with Crippen molar-refractivity contribution in [3.05, 3.63) is 12.2 Å². The van der Waals surface area contributed by atoms with Gasteiger partial charge in [0, 0.05) is 0 Å². The minimum Gasteiger partial charge on any atom is -0.368 e. The Balaban J connectivity index is 3.13. The van der Waals surface area contributed by atoms with Crippen LogP contribution in [0.5, 0.6) is 0 Å². The number of carbonyl (C=O) groups is 1. The average Bonchev–Trinajstić information content (AvgIpc) is 2.51. The third kappa shape index (κ3) is 1.65. The van der Waals surface area contributed by atoms with Crippen LogP contribution in [-0.2, 0) is 16.2 Å². The smallest absolute Gasteiger partial charge is 0.243 e. The topological polar surface area (TPSA) is 73.8 Å². The van der Waals surface area contributed by atoms with Gasteiger partial charge in [0.2, 0.25) is 5.91 Å². The fourth-order valence-electron chi connectivity index (χ4n) is 0.936. The monoisotopic (exact) mass is 202 g/mol. The molecule has 13 heavy (non-hydrogen) atoms. The van der Waals surface area contributed by atoms with E-state index in [1.54, 1.807) is 18.4 Å². The Morgan fingerprint density at radius 1 is 1.77 bits per heavy atom. The van der Waals surface area contributed by atoms with E-state index in [0.29, 0.717) is 5.82 Å². The predicted molar refractivity (Wildman–Crippen MR) is 48.1 cm³/mol. The van der Waals surface area contributed by atoms with Crippen LogP contribution in [0.15, 0.2) is 6.33 Å². The Kier molecular flexibility index (Phi) is 2.56. The molecular formula is C7H11ClN4O. The molecule has 0 spiro atoms. The first kappa shape index (κ1) is 9.98. The van der Waals surface area contributed by atoms with Crippen LogP contribution >= 0.6 is 11.6 Å². The van der Waals surface area contributed by atoms with Crippen LogP contribution in [0.2, 0.25) is 0 Å². The van der Waals surface area contributed by atoms with Crippen molar-refractivity contribution in [3.8, 4) is 0 Å². The fourth-order valence-corrected chi connectivity index (χ4v) is 1.12. The molecule has 0 aliphatic carbocycles. The summed E-state index contributed by atoms with van der Waals surface area (Å²) in [5, 5.41) is 7.42. The molecule has 0 aliphatic rings. The molecular weight excluding hydrogens is 192 g/mol. The summed E-state index contributed by atoms with van der Waals surface area (Å²) in [6.07, 6.45) is 1.45. The van der Waals surface area contributed by atoms with Crippen molar-refractivity contribution in [1.82, 2.24) is 14.8 Å². The molecule has 72 valence electrons. The molecule has 0 aromatic carbocycles. The van der Waals surface area contributed by atoms with Gasteiger partial charge in [0.05, 0.1) is 5.88 Å². The Hall–Kier alpha value is -1.10. The number of hydrogen-bond donors (Lipinski definition) is 1. The summed E-state index contributed by atoms with van der Waals surface area (Å²) in [5.74, 6) is 0.292. The van der Waals surface area contributed by atoms with Gasteiger partial charge in [0.1, 0.15) is 17.7 Å². The SMILES string of the molecule is CC(C)(C(N)=O)n1cnnc1CCl. The molecule has 1 aromatic rings. The highest BCUT2D eigenvalue weighted by atomic mass is 35.5. The first-order valence-corrected chi connectivity index (χ1v) is 4.29. The minimum absolute atomic E-state index is 0.205. The van der Waals surface area contributed by atoms with E-state index in [0.717, 1.165) is 0 Å². The Morgan fingerprint density at radius 2 is 2.38 bits per heavy atom. The molecule has 0 radical (unpaired) electrons. The molecule has 0 saturated heterocycles. The predicted octanol–water partition coefficient (Wildman–Crippen LogP) is 0.237. The van der Waals surface area contributed by atoms with E-state index in [9.17, 15) is 4.79 Å². The van der Waals surface area contributed by atoms with Gasteiger partial charge in [-0.2, -0.15) is 0 Å². The second kappa shape index (κ2) is 3.33. The second-order valence-electron chi connectivity index (χ2n) is 3.17. The van der Waals surface area contributed by atoms with Gasteiger partial charge in [0.15, 0.2) is 0 Å². The van der Waals surface area contributed by atoms with Gasteiger partial charge in [-0.25, -0.2) is 0 Å². The molecule has 1 heterocycles. The fraction of sp³-hybridized carbons (Fsp3) is 0.571. The van der Waals surface area contributed by atoms with Gasteiger partial charge in [-0.3, -0.25) is 4.79 Å². The number of hydrogen-bond acceptors (Lipinski definition) is 3. The number of nitrogens with two attached hydrogens (primary N) is 1. The third-order valence-electron chi connectivity index (χ3n) is 1.94. The number of aromatic nitrogens is 3. The van der Waals surface area contributed by atoms with Crippen molar-refractivity contribution in [2.75, 3.05) is 0 Å². The van der Waals surface area contributed by atoms with Gasteiger partial charge in [-0.05, 0) is 13.8 Å². The molecule has 0 saturated carbocycles. The molecule has 5 nitrogen and oxygen atoms in total. The van der Waals surface area contributed by atoms with Gasteiger partial charge >= 0.3 is 0 Å². The molecule has 6 heteroatoms. The lowest BCUT2D eigenvalue weighted by atomic mass is 10.1. The summed E-state index contributed by atoms with van der Waals surface area (Å²) in [7, 11) is 0. The molecule has 2 N–H and O–H groups in total. The Bertz CT molecular complexity index is 320. The minimum atomic E-state index is -0.840. The Labute approximate surface area is 80.9 Å². The zero-order valence-corrected chi connectivity index (χ0v) is 8.25. The number of primary amides is 1. The summed E-state index contributed by atoms with van der Waals surface area (Å²) in [6.45, 7) is 3.38. The molecule has 0 unspecified atom stereocenters. The van der Waals surface area contributed by atoms with E-state index in [1.165, 1.54) is 6.33 Å². The quantitative estimate of drug-likeness (QED) is 0.714. The second-order valence-corrected chi connectivity index (χ2v) is 3.44. The number of amides is 1. The molecule has 1 amide bonds. The van der Waals surface area contributed by atoms with Gasteiger partial charge < -0.3 is 10.3 Å². The van der Waals surface area contributed by atoms with Gasteiger partial charge in [0.25, 0.3) is 0 Å². The first-order valence-electron chi connectivity index (χ1n) is 3.75. The molecule has 0 bridgehead atoms. The first-order chi connectivity index (χ1) is 6.00. The molecule has 0 fully saturated rings.